The van der Waals surface area contributed by atoms with Gasteiger partial charge in [-0.15, -0.1) is 0 Å². The Labute approximate surface area is 176 Å². The number of benzene rings is 2. The molecule has 0 bridgehead atoms. The third-order valence-corrected chi connectivity index (χ3v) is 10.7. The Bertz CT molecular complexity index is 761. The maximum absolute atomic E-state index is 9.91. The molecule has 4 nitrogen and oxygen atoms in total. The molecular weight excluding hydrogens is 380 g/mol. The number of hydrogen-bond acceptors (Lipinski definition) is 4. The van der Waals surface area contributed by atoms with E-state index < -0.39 is 25.8 Å². The van der Waals surface area contributed by atoms with Crippen LogP contribution >= 0.6 is 0 Å². The minimum atomic E-state index is -2.67. The van der Waals surface area contributed by atoms with E-state index >= 15 is 0 Å². The van der Waals surface area contributed by atoms with Gasteiger partial charge < -0.3 is 19.0 Å². The summed E-state index contributed by atoms with van der Waals surface area (Å²) in [5, 5.41) is 12.2. The van der Waals surface area contributed by atoms with Gasteiger partial charge in [-0.2, -0.15) is 0 Å². The normalized spacial score (nSPS) is 24.6. The largest absolute Gasteiger partial charge is 0.404 e. The lowest BCUT2D eigenvalue weighted by Gasteiger charge is -2.45. The molecule has 2 aromatic rings. The van der Waals surface area contributed by atoms with E-state index in [0.717, 1.165) is 0 Å². The second-order valence-corrected chi connectivity index (χ2v) is 13.9. The van der Waals surface area contributed by atoms with E-state index in [2.05, 4.69) is 69.3 Å². The molecule has 0 saturated carbocycles. The Balaban J connectivity index is 2.07. The second kappa shape index (κ2) is 7.97. The van der Waals surface area contributed by atoms with Crippen LogP contribution in [0.5, 0.6) is 0 Å². The smallest absolute Gasteiger partial charge is 0.261 e. The Hall–Kier alpha value is -1.50. The third-order valence-electron chi connectivity index (χ3n) is 5.74. The zero-order valence-electron chi connectivity index (χ0n) is 18.4. The summed E-state index contributed by atoms with van der Waals surface area (Å²) in [5.41, 5.74) is -0.731. The summed E-state index contributed by atoms with van der Waals surface area (Å²) in [6.45, 7) is 12.7. The first-order valence-corrected chi connectivity index (χ1v) is 12.2. The van der Waals surface area contributed by atoms with Gasteiger partial charge in [-0.25, -0.2) is 0 Å². The second-order valence-electron chi connectivity index (χ2n) is 9.56. The molecule has 3 rings (SSSR count). The van der Waals surface area contributed by atoms with Crippen LogP contribution in [0.2, 0.25) is 5.04 Å². The predicted octanol–water partition coefficient (Wildman–Crippen LogP) is 3.47. The summed E-state index contributed by atoms with van der Waals surface area (Å²) < 4.78 is 19.2. The fourth-order valence-corrected chi connectivity index (χ4v) is 9.14. The number of hydrogen-bond donors (Lipinski definition) is 1. The molecule has 1 aliphatic heterocycles. The minimum Gasteiger partial charge on any atom is -0.404 e. The monoisotopic (exact) mass is 414 g/mol. The summed E-state index contributed by atoms with van der Waals surface area (Å²) >= 11 is 0. The number of ether oxygens (including phenoxy) is 2. The highest BCUT2D eigenvalue weighted by Crippen LogP contribution is 2.41. The zero-order valence-corrected chi connectivity index (χ0v) is 19.4. The average molecular weight is 415 g/mol. The van der Waals surface area contributed by atoms with Gasteiger partial charge >= 0.3 is 0 Å². The fourth-order valence-electron chi connectivity index (χ4n) is 4.48. The van der Waals surface area contributed by atoms with E-state index in [1.54, 1.807) is 0 Å². The molecule has 1 heterocycles. The van der Waals surface area contributed by atoms with E-state index in [-0.39, 0.29) is 11.6 Å². The molecule has 0 aromatic heterocycles. The van der Waals surface area contributed by atoms with Crippen LogP contribution < -0.4 is 10.4 Å². The zero-order chi connectivity index (χ0) is 21.3. The summed E-state index contributed by atoms with van der Waals surface area (Å²) in [6, 6.07) is 21.1. The highest BCUT2D eigenvalue weighted by atomic mass is 28.4. The van der Waals surface area contributed by atoms with Gasteiger partial charge in [0.2, 0.25) is 0 Å². The van der Waals surface area contributed by atoms with E-state index in [9.17, 15) is 5.11 Å². The molecule has 1 N–H and O–H groups in total. The molecule has 2 aromatic carbocycles. The Kier molecular flexibility index (Phi) is 6.10. The van der Waals surface area contributed by atoms with Crippen LogP contribution in [-0.4, -0.2) is 44.1 Å². The quantitative estimate of drug-likeness (QED) is 0.736. The molecule has 29 heavy (non-hydrogen) atoms. The molecule has 158 valence electrons. The maximum Gasteiger partial charge on any atom is 0.261 e. The van der Waals surface area contributed by atoms with Gasteiger partial charge in [-0.3, -0.25) is 0 Å². The number of rotatable bonds is 6. The summed E-state index contributed by atoms with van der Waals surface area (Å²) in [7, 11) is -2.67. The van der Waals surface area contributed by atoms with Crippen molar-refractivity contribution < 1.29 is 19.0 Å². The predicted molar refractivity (Wildman–Crippen MR) is 119 cm³/mol. The van der Waals surface area contributed by atoms with Crippen molar-refractivity contribution in [1.82, 2.24) is 0 Å². The van der Waals surface area contributed by atoms with Crippen LogP contribution in [0.25, 0.3) is 0 Å². The topological polar surface area (TPSA) is 47.9 Å². The lowest BCUT2D eigenvalue weighted by Crippen LogP contribution is -2.68. The first-order valence-electron chi connectivity index (χ1n) is 10.3. The Morgan fingerprint density at radius 2 is 1.41 bits per heavy atom. The molecule has 0 aliphatic carbocycles. The van der Waals surface area contributed by atoms with Crippen molar-refractivity contribution in [3.63, 3.8) is 0 Å². The fraction of sp³-hybridized carbons (Fsp3) is 0.500. The van der Waals surface area contributed by atoms with E-state index in [4.69, 9.17) is 13.9 Å². The molecule has 1 fully saturated rings. The SMILES string of the molecule is CC1(C)O[C@H](CO)[C@](C)(CO[Si](c2ccccc2)(c2ccccc2)C(C)(C)C)O1. The van der Waals surface area contributed by atoms with E-state index in [0.29, 0.717) is 6.61 Å². The molecular formula is C24H34O4Si. The molecule has 0 radical (unpaired) electrons. The average Bonchev–Trinajstić information content (AvgIpc) is 2.91. The van der Waals surface area contributed by atoms with Gasteiger partial charge in [0.1, 0.15) is 11.7 Å². The van der Waals surface area contributed by atoms with Crippen molar-refractivity contribution in [2.75, 3.05) is 13.2 Å². The van der Waals surface area contributed by atoms with Crippen LogP contribution in [0.15, 0.2) is 60.7 Å². The molecule has 5 heteroatoms. The van der Waals surface area contributed by atoms with Gasteiger partial charge in [0.25, 0.3) is 8.32 Å². The van der Waals surface area contributed by atoms with Crippen molar-refractivity contribution in [2.24, 2.45) is 0 Å². The third kappa shape index (κ3) is 4.20. The van der Waals surface area contributed by atoms with Crippen LogP contribution in [0.4, 0.5) is 0 Å². The maximum atomic E-state index is 9.91. The van der Waals surface area contributed by atoms with Crippen LogP contribution in [-0.2, 0) is 13.9 Å². The van der Waals surface area contributed by atoms with Gasteiger partial charge in [0.05, 0.1) is 13.2 Å². The van der Waals surface area contributed by atoms with Gasteiger partial charge in [-0.05, 0) is 36.2 Å². The first-order chi connectivity index (χ1) is 13.5. The highest BCUT2D eigenvalue weighted by Gasteiger charge is 2.55. The summed E-state index contributed by atoms with van der Waals surface area (Å²) in [5.74, 6) is -0.753. The molecule has 0 spiro atoms. The molecule has 1 aliphatic rings. The first kappa shape index (κ1) is 22.2. The standard InChI is InChI=1S/C24H34O4Si/c1-22(2,3)29(19-13-9-7-10-14-19,20-15-11-8-12-16-20)26-18-24(6)21(17-25)27-23(4,5)28-24/h7-16,21,25H,17-18H2,1-6H3/t21-,24+/m1/s1. The summed E-state index contributed by atoms with van der Waals surface area (Å²) in [6.07, 6.45) is -0.435. The van der Waals surface area contributed by atoms with Crippen molar-refractivity contribution >= 4 is 18.7 Å². The number of aliphatic hydroxyl groups excluding tert-OH is 1. The molecule has 1 saturated heterocycles. The Morgan fingerprint density at radius 1 is 0.931 bits per heavy atom. The Morgan fingerprint density at radius 3 is 1.83 bits per heavy atom. The van der Waals surface area contributed by atoms with Crippen molar-refractivity contribution in [1.29, 1.82) is 0 Å². The van der Waals surface area contributed by atoms with Gasteiger partial charge in [0, 0.05) is 0 Å². The number of aliphatic hydroxyl groups is 1. The van der Waals surface area contributed by atoms with Crippen molar-refractivity contribution in [3.05, 3.63) is 60.7 Å². The van der Waals surface area contributed by atoms with Crippen LogP contribution in [0.3, 0.4) is 0 Å². The van der Waals surface area contributed by atoms with Crippen molar-refractivity contribution in [3.8, 4) is 0 Å². The molecule has 0 unspecified atom stereocenters. The minimum absolute atomic E-state index is 0.107. The van der Waals surface area contributed by atoms with Crippen LogP contribution in [0.1, 0.15) is 41.5 Å². The molecule has 2 atom stereocenters. The lowest BCUT2D eigenvalue weighted by molar-refractivity contribution is -0.166. The van der Waals surface area contributed by atoms with Gasteiger partial charge in [0.15, 0.2) is 5.79 Å². The van der Waals surface area contributed by atoms with Crippen molar-refractivity contribution in [2.45, 2.75) is 64.1 Å². The summed E-state index contributed by atoms with van der Waals surface area (Å²) in [4.78, 5) is 0. The lowest BCUT2D eigenvalue weighted by atomic mass is 10.0. The highest BCUT2D eigenvalue weighted by molar-refractivity contribution is 6.99. The van der Waals surface area contributed by atoms with Crippen LogP contribution in [0, 0.1) is 0 Å². The van der Waals surface area contributed by atoms with E-state index in [1.807, 2.05) is 32.9 Å². The van der Waals surface area contributed by atoms with E-state index in [1.165, 1.54) is 10.4 Å². The molecule has 0 amide bonds. The van der Waals surface area contributed by atoms with Gasteiger partial charge in [-0.1, -0.05) is 81.4 Å².